The lowest BCUT2D eigenvalue weighted by Gasteiger charge is -2.32. The van der Waals surface area contributed by atoms with E-state index in [1.54, 1.807) is 11.0 Å². The van der Waals surface area contributed by atoms with Crippen LogP contribution in [-0.2, 0) is 16.6 Å². The van der Waals surface area contributed by atoms with Gasteiger partial charge < -0.3 is 4.90 Å². The van der Waals surface area contributed by atoms with Crippen LogP contribution in [0, 0.1) is 0 Å². The maximum absolute atomic E-state index is 12.2. The third-order valence-corrected chi connectivity index (χ3v) is 4.34. The predicted molar refractivity (Wildman–Crippen MR) is 73.2 cm³/mol. The molecule has 2 rings (SSSR count). The van der Waals surface area contributed by atoms with Crippen LogP contribution in [0.25, 0.3) is 0 Å². The van der Waals surface area contributed by atoms with Crippen molar-refractivity contribution in [2.24, 2.45) is 5.14 Å². The topological polar surface area (TPSA) is 112 Å². The van der Waals surface area contributed by atoms with Crippen molar-refractivity contribution in [1.29, 1.82) is 0 Å². The molecule has 0 bridgehead atoms. The van der Waals surface area contributed by atoms with E-state index in [1.165, 1.54) is 4.31 Å². The summed E-state index contributed by atoms with van der Waals surface area (Å²) >= 11 is 0. The molecule has 9 heteroatoms. The first-order valence-corrected chi connectivity index (χ1v) is 8.03. The van der Waals surface area contributed by atoms with Crippen LogP contribution in [0.5, 0.6) is 0 Å². The van der Waals surface area contributed by atoms with E-state index >= 15 is 0 Å². The molecular formula is C11H19N5O3S. The summed E-state index contributed by atoms with van der Waals surface area (Å²) in [5, 5.41) is 11.9. The molecule has 1 aromatic heterocycles. The van der Waals surface area contributed by atoms with E-state index in [-0.39, 0.29) is 19.0 Å². The third kappa shape index (κ3) is 3.35. The van der Waals surface area contributed by atoms with Gasteiger partial charge in [0.1, 0.15) is 5.69 Å². The fraction of sp³-hybridized carbons (Fsp3) is 0.636. The molecule has 0 aromatic carbocycles. The highest BCUT2D eigenvalue weighted by Crippen LogP contribution is 2.10. The number of carbonyl (C=O) groups is 1. The Bertz CT molecular complexity index is 575. The molecule has 1 aromatic rings. The maximum Gasteiger partial charge on any atom is 0.277 e. The number of piperazine rings is 1. The molecule has 8 nitrogen and oxygen atoms in total. The molecular weight excluding hydrogens is 282 g/mol. The number of hydrogen-bond acceptors (Lipinski definition) is 4. The zero-order valence-corrected chi connectivity index (χ0v) is 12.2. The van der Waals surface area contributed by atoms with Gasteiger partial charge >= 0.3 is 0 Å². The first-order chi connectivity index (χ1) is 9.41. The van der Waals surface area contributed by atoms with E-state index in [9.17, 15) is 13.2 Å². The van der Waals surface area contributed by atoms with Gasteiger partial charge in [0.2, 0.25) is 0 Å². The molecule has 0 aliphatic carbocycles. The number of H-pyrrole nitrogens is 1. The van der Waals surface area contributed by atoms with Crippen LogP contribution in [0.1, 0.15) is 29.5 Å². The zero-order chi connectivity index (χ0) is 14.8. The lowest BCUT2D eigenvalue weighted by Crippen LogP contribution is -2.52. The second-order valence-corrected chi connectivity index (χ2v) is 6.31. The molecule has 0 spiro atoms. The molecule has 0 unspecified atom stereocenters. The Balaban J connectivity index is 1.97. The molecule has 1 fully saturated rings. The summed E-state index contributed by atoms with van der Waals surface area (Å²) in [5.41, 5.74) is 1.30. The fourth-order valence-electron chi connectivity index (χ4n) is 2.18. The molecule has 3 N–H and O–H groups in total. The normalized spacial score (nSPS) is 17.4. The number of nitrogens with one attached hydrogen (secondary N) is 1. The van der Waals surface area contributed by atoms with Crippen molar-refractivity contribution in [3.05, 3.63) is 17.5 Å². The predicted octanol–water partition coefficient (Wildman–Crippen LogP) is -0.676. The van der Waals surface area contributed by atoms with Crippen LogP contribution in [0.2, 0.25) is 0 Å². The van der Waals surface area contributed by atoms with E-state index < -0.39 is 10.2 Å². The molecule has 20 heavy (non-hydrogen) atoms. The van der Waals surface area contributed by atoms with Gasteiger partial charge in [-0.2, -0.15) is 17.8 Å². The maximum atomic E-state index is 12.2. The quantitative estimate of drug-likeness (QED) is 0.767. The second-order valence-electron chi connectivity index (χ2n) is 4.76. The molecule has 0 atom stereocenters. The number of nitrogens with zero attached hydrogens (tertiary/aromatic N) is 3. The Kier molecular flexibility index (Phi) is 4.41. The highest BCUT2D eigenvalue weighted by molar-refractivity contribution is 7.86. The zero-order valence-electron chi connectivity index (χ0n) is 11.4. The van der Waals surface area contributed by atoms with E-state index in [0.29, 0.717) is 18.8 Å². The number of carbonyl (C=O) groups excluding carboxylic acids is 1. The van der Waals surface area contributed by atoms with Gasteiger partial charge in [0.25, 0.3) is 16.1 Å². The van der Waals surface area contributed by atoms with Gasteiger partial charge in [-0.05, 0) is 12.5 Å². The lowest BCUT2D eigenvalue weighted by atomic mass is 10.2. The molecule has 0 saturated carbocycles. The number of rotatable bonds is 4. The number of aryl methyl sites for hydroxylation is 1. The molecule has 1 aliphatic heterocycles. The van der Waals surface area contributed by atoms with E-state index in [2.05, 4.69) is 17.1 Å². The largest absolute Gasteiger partial charge is 0.335 e. The molecule has 0 radical (unpaired) electrons. The van der Waals surface area contributed by atoms with Crippen molar-refractivity contribution in [2.45, 2.75) is 19.8 Å². The highest BCUT2D eigenvalue weighted by Gasteiger charge is 2.27. The number of amides is 1. The summed E-state index contributed by atoms with van der Waals surface area (Å²) in [6.07, 6.45) is 1.82. The lowest BCUT2D eigenvalue weighted by molar-refractivity contribution is 0.0692. The Hall–Kier alpha value is -1.45. The standard InChI is InChI=1S/C11H19N5O3S/c1-2-3-9-8-10(14-13-9)11(17)15-4-6-16(7-5-15)20(12,18)19/h8H,2-7H2,1H3,(H,13,14)(H2,12,18,19). The second kappa shape index (κ2) is 5.90. The summed E-state index contributed by atoms with van der Waals surface area (Å²) in [5.74, 6) is -0.183. The monoisotopic (exact) mass is 301 g/mol. The van der Waals surface area contributed by atoms with E-state index in [4.69, 9.17) is 5.14 Å². The molecule has 2 heterocycles. The summed E-state index contributed by atoms with van der Waals surface area (Å²) in [4.78, 5) is 13.8. The Morgan fingerprint density at radius 1 is 1.40 bits per heavy atom. The van der Waals surface area contributed by atoms with Gasteiger partial charge in [0, 0.05) is 31.9 Å². The van der Waals surface area contributed by atoms with Gasteiger partial charge in [0.15, 0.2) is 0 Å². The molecule has 1 amide bonds. The van der Waals surface area contributed by atoms with E-state index in [0.717, 1.165) is 18.5 Å². The average Bonchev–Trinajstić information content (AvgIpc) is 2.86. The molecule has 1 saturated heterocycles. The van der Waals surface area contributed by atoms with Gasteiger partial charge in [0.05, 0.1) is 0 Å². The highest BCUT2D eigenvalue weighted by atomic mass is 32.2. The minimum atomic E-state index is -3.67. The van der Waals surface area contributed by atoms with E-state index in [1.807, 2.05) is 0 Å². The van der Waals surface area contributed by atoms with Gasteiger partial charge in [-0.1, -0.05) is 13.3 Å². The van der Waals surface area contributed by atoms with Crippen LogP contribution >= 0.6 is 0 Å². The fourth-order valence-corrected chi connectivity index (χ4v) is 2.85. The number of hydrogen-bond donors (Lipinski definition) is 2. The number of nitrogens with two attached hydrogens (primary N) is 1. The summed E-state index contributed by atoms with van der Waals surface area (Å²) in [6, 6.07) is 1.75. The van der Waals surface area contributed by atoms with Crippen LogP contribution in [0.4, 0.5) is 0 Å². The Labute approximate surface area is 118 Å². The Morgan fingerprint density at radius 3 is 2.60 bits per heavy atom. The minimum absolute atomic E-state index is 0.183. The summed E-state index contributed by atoms with van der Waals surface area (Å²) < 4.78 is 23.6. The molecule has 112 valence electrons. The van der Waals surface area contributed by atoms with Crippen LogP contribution in [-0.4, -0.2) is 59.9 Å². The van der Waals surface area contributed by atoms with Gasteiger partial charge in [-0.15, -0.1) is 0 Å². The minimum Gasteiger partial charge on any atom is -0.335 e. The van der Waals surface area contributed by atoms with Crippen molar-refractivity contribution in [2.75, 3.05) is 26.2 Å². The third-order valence-electron chi connectivity index (χ3n) is 3.26. The summed E-state index contributed by atoms with van der Waals surface area (Å²) in [6.45, 7) is 3.14. The van der Waals surface area contributed by atoms with Crippen molar-refractivity contribution in [1.82, 2.24) is 19.4 Å². The van der Waals surface area contributed by atoms with Crippen molar-refractivity contribution in [3.8, 4) is 0 Å². The van der Waals surface area contributed by atoms with Crippen molar-refractivity contribution >= 4 is 16.1 Å². The molecule has 1 aliphatic rings. The van der Waals surface area contributed by atoms with Crippen molar-refractivity contribution in [3.63, 3.8) is 0 Å². The number of aromatic nitrogens is 2. The first kappa shape index (κ1) is 14.9. The van der Waals surface area contributed by atoms with Gasteiger partial charge in [-0.25, -0.2) is 5.14 Å². The Morgan fingerprint density at radius 2 is 2.05 bits per heavy atom. The van der Waals surface area contributed by atoms with Crippen LogP contribution in [0.15, 0.2) is 6.07 Å². The average molecular weight is 301 g/mol. The summed E-state index contributed by atoms with van der Waals surface area (Å²) in [7, 11) is -3.67. The van der Waals surface area contributed by atoms with Gasteiger partial charge in [-0.3, -0.25) is 9.89 Å². The van der Waals surface area contributed by atoms with Crippen LogP contribution in [0.3, 0.4) is 0 Å². The number of aromatic amines is 1. The smallest absolute Gasteiger partial charge is 0.277 e. The SMILES string of the molecule is CCCc1cc(C(=O)N2CCN(S(N)(=O)=O)CC2)n[nH]1. The van der Waals surface area contributed by atoms with Crippen LogP contribution < -0.4 is 5.14 Å². The first-order valence-electron chi connectivity index (χ1n) is 6.53. The van der Waals surface area contributed by atoms with Crippen molar-refractivity contribution < 1.29 is 13.2 Å².